The minimum absolute atomic E-state index is 0.0381. The van der Waals surface area contributed by atoms with Crippen LogP contribution in [-0.2, 0) is 17.4 Å². The molecule has 1 amide bonds. The molecular formula is C23H23F6N5O. The maximum absolute atomic E-state index is 14.7. The second kappa shape index (κ2) is 10.9. The van der Waals surface area contributed by atoms with Gasteiger partial charge in [0.25, 0.3) is 0 Å². The topological polar surface area (TPSA) is 83.1 Å². The first kappa shape index (κ1) is 26.2. The number of aliphatic imine (C=N–C) groups is 1. The van der Waals surface area contributed by atoms with Gasteiger partial charge in [-0.1, -0.05) is 12.1 Å². The number of carbonyl (C=O) groups is 1. The van der Waals surface area contributed by atoms with Crippen LogP contribution >= 0.6 is 0 Å². The van der Waals surface area contributed by atoms with Gasteiger partial charge in [-0.05, 0) is 56.7 Å². The summed E-state index contributed by atoms with van der Waals surface area (Å²) in [4.78, 5) is 18.7. The van der Waals surface area contributed by atoms with Crippen LogP contribution in [0.3, 0.4) is 0 Å². The summed E-state index contributed by atoms with van der Waals surface area (Å²) in [5.74, 6) is 0.572. The summed E-state index contributed by atoms with van der Waals surface area (Å²) in [5, 5.41) is 5.57. The van der Waals surface area contributed by atoms with Crippen LogP contribution in [0.25, 0.3) is 0 Å². The Labute approximate surface area is 197 Å². The molecule has 2 aromatic carbocycles. The van der Waals surface area contributed by atoms with Crippen molar-refractivity contribution in [2.45, 2.75) is 31.5 Å². The molecule has 1 heterocycles. The molecule has 0 spiro atoms. The molecule has 6 nitrogen and oxygen atoms in total. The van der Waals surface area contributed by atoms with Crippen LogP contribution in [0.2, 0.25) is 0 Å². The van der Waals surface area contributed by atoms with E-state index in [-0.39, 0.29) is 17.4 Å². The molecule has 0 saturated carbocycles. The third kappa shape index (κ3) is 6.59. The Hall–Kier alpha value is -3.41. The quantitative estimate of drug-likeness (QED) is 0.271. The Morgan fingerprint density at radius 3 is 2.37 bits per heavy atom. The van der Waals surface area contributed by atoms with E-state index in [0.29, 0.717) is 6.07 Å². The van der Waals surface area contributed by atoms with Crippen LogP contribution in [0, 0.1) is 17.5 Å². The van der Waals surface area contributed by atoms with E-state index in [2.05, 4.69) is 20.3 Å². The molecule has 1 aliphatic rings. The Morgan fingerprint density at radius 1 is 1.17 bits per heavy atom. The molecule has 3 N–H and O–H groups in total. The van der Waals surface area contributed by atoms with Crippen LogP contribution in [0.4, 0.5) is 32.0 Å². The molecule has 1 fully saturated rings. The van der Waals surface area contributed by atoms with E-state index < -0.39 is 52.6 Å². The number of alkyl halides is 3. The minimum Gasteiger partial charge on any atom is -0.326 e. The predicted molar refractivity (Wildman–Crippen MR) is 120 cm³/mol. The Morgan fingerprint density at radius 2 is 1.80 bits per heavy atom. The molecule has 35 heavy (non-hydrogen) atoms. The van der Waals surface area contributed by atoms with Crippen LogP contribution in [0.1, 0.15) is 29.5 Å². The van der Waals surface area contributed by atoms with Gasteiger partial charge < -0.3 is 16.1 Å². The predicted octanol–water partition coefficient (Wildman–Crippen LogP) is 4.13. The molecule has 0 radical (unpaired) electrons. The highest BCUT2D eigenvalue weighted by molar-refractivity contribution is 6.38. The van der Waals surface area contributed by atoms with Crippen molar-refractivity contribution in [1.29, 1.82) is 0 Å². The normalized spacial score (nSPS) is 16.1. The fraction of sp³-hybridized carbons (Fsp3) is 0.348. The number of hydrogen-bond acceptors (Lipinski definition) is 5. The average Bonchev–Trinajstić information content (AvgIpc) is 2.77. The first-order chi connectivity index (χ1) is 16.5. The van der Waals surface area contributed by atoms with E-state index in [0.717, 1.165) is 50.2 Å². The maximum atomic E-state index is 14.7. The number of nitrogens with zero attached hydrogens (tertiary/aromatic N) is 3. The molecule has 1 saturated heterocycles. The zero-order chi connectivity index (χ0) is 25.8. The van der Waals surface area contributed by atoms with Gasteiger partial charge in [-0.2, -0.15) is 18.3 Å². The monoisotopic (exact) mass is 499 g/mol. The van der Waals surface area contributed by atoms with E-state index in [1.165, 1.54) is 6.21 Å². The van der Waals surface area contributed by atoms with Crippen molar-refractivity contribution in [1.82, 2.24) is 4.90 Å². The number of nitrogens with one attached hydrogen (secondary N) is 1. The molecule has 0 bridgehead atoms. The van der Waals surface area contributed by atoms with Crippen molar-refractivity contribution >= 4 is 23.5 Å². The zero-order valence-electron chi connectivity index (χ0n) is 18.7. The summed E-state index contributed by atoms with van der Waals surface area (Å²) < 4.78 is 82.1. The van der Waals surface area contributed by atoms with E-state index in [9.17, 15) is 31.1 Å². The standard InChI is InChI=1S/C23H23F6N5O/c1-34-7-5-14(6-8-34)31-12-19(33-30)21-17(24)10-15(11-18(21)25)32-20(35)9-13-3-2-4-16(22(13)26)23(27,28)29/h2-4,10-12,14H,5-9,30H2,1H3,(H,32,35)/b31-12?,33-19+. The van der Waals surface area contributed by atoms with Crippen LogP contribution < -0.4 is 11.2 Å². The Kier molecular flexibility index (Phi) is 8.15. The second-order valence-corrected chi connectivity index (χ2v) is 8.14. The largest absolute Gasteiger partial charge is 0.419 e. The number of piperidine rings is 1. The Bertz CT molecular complexity index is 1120. The molecule has 0 unspecified atom stereocenters. The van der Waals surface area contributed by atoms with Crippen LogP contribution in [0.5, 0.6) is 0 Å². The van der Waals surface area contributed by atoms with Crippen molar-refractivity contribution in [2.75, 3.05) is 25.5 Å². The number of anilines is 1. The lowest BCUT2D eigenvalue weighted by atomic mass is 10.1. The highest BCUT2D eigenvalue weighted by Crippen LogP contribution is 2.32. The van der Waals surface area contributed by atoms with Gasteiger partial charge in [-0.15, -0.1) is 0 Å². The molecule has 1 aliphatic heterocycles. The van der Waals surface area contributed by atoms with Crippen molar-refractivity contribution in [3.05, 3.63) is 64.5 Å². The summed E-state index contributed by atoms with van der Waals surface area (Å²) in [5.41, 5.74) is -3.13. The van der Waals surface area contributed by atoms with Crippen molar-refractivity contribution < 1.29 is 31.1 Å². The van der Waals surface area contributed by atoms with Crippen LogP contribution in [-0.4, -0.2) is 48.9 Å². The smallest absolute Gasteiger partial charge is 0.326 e. The number of amides is 1. The lowest BCUT2D eigenvalue weighted by Gasteiger charge is -2.26. The first-order valence-electron chi connectivity index (χ1n) is 10.6. The summed E-state index contributed by atoms with van der Waals surface area (Å²) >= 11 is 0. The molecule has 0 aromatic heterocycles. The van der Waals surface area contributed by atoms with Gasteiger partial charge in [-0.3, -0.25) is 9.79 Å². The third-order valence-electron chi connectivity index (χ3n) is 5.55. The summed E-state index contributed by atoms with van der Waals surface area (Å²) in [6.45, 7) is 1.66. The van der Waals surface area contributed by atoms with Gasteiger partial charge in [0.05, 0.1) is 23.6 Å². The summed E-state index contributed by atoms with van der Waals surface area (Å²) in [7, 11) is 1.98. The van der Waals surface area contributed by atoms with E-state index in [4.69, 9.17) is 5.84 Å². The molecule has 12 heteroatoms. The zero-order valence-corrected chi connectivity index (χ0v) is 18.7. The number of halogens is 6. The van der Waals surface area contributed by atoms with Gasteiger partial charge in [0.1, 0.15) is 23.2 Å². The fourth-order valence-electron chi connectivity index (χ4n) is 3.69. The number of benzene rings is 2. The highest BCUT2D eigenvalue weighted by Gasteiger charge is 2.35. The molecule has 2 aromatic rings. The number of likely N-dealkylation sites (tertiary alicyclic amines) is 1. The Balaban J connectivity index is 1.73. The van der Waals surface area contributed by atoms with Gasteiger partial charge in [0.15, 0.2) is 0 Å². The van der Waals surface area contributed by atoms with Crippen molar-refractivity contribution in [2.24, 2.45) is 15.9 Å². The maximum Gasteiger partial charge on any atom is 0.419 e. The molecular weight excluding hydrogens is 476 g/mol. The number of hydrogen-bond donors (Lipinski definition) is 2. The molecule has 0 aliphatic carbocycles. The van der Waals surface area contributed by atoms with Gasteiger partial charge in [-0.25, -0.2) is 13.2 Å². The van der Waals surface area contributed by atoms with Crippen molar-refractivity contribution in [3.63, 3.8) is 0 Å². The summed E-state index contributed by atoms with van der Waals surface area (Å²) in [6.07, 6.45) is -2.97. The average molecular weight is 499 g/mol. The summed E-state index contributed by atoms with van der Waals surface area (Å²) in [6, 6.07) is 4.09. The minimum atomic E-state index is -4.93. The number of carbonyl (C=O) groups excluding carboxylic acids is 1. The number of hydrazone groups is 1. The lowest BCUT2D eigenvalue weighted by Crippen LogP contribution is -2.32. The second-order valence-electron chi connectivity index (χ2n) is 8.14. The van der Waals surface area contributed by atoms with E-state index >= 15 is 0 Å². The van der Waals surface area contributed by atoms with Crippen LogP contribution in [0.15, 0.2) is 40.4 Å². The third-order valence-corrected chi connectivity index (χ3v) is 5.55. The van der Waals surface area contributed by atoms with E-state index in [1.807, 2.05) is 7.05 Å². The molecule has 0 atom stereocenters. The molecule has 3 rings (SSSR count). The number of rotatable bonds is 6. The number of nitrogens with two attached hydrogens (primary N) is 1. The SMILES string of the molecule is CN1CCC(N=C/C(=N\N)c2c(F)cc(NC(=O)Cc3cccc(C(F)(F)F)c3F)cc2F)CC1. The van der Waals surface area contributed by atoms with Gasteiger partial charge >= 0.3 is 6.18 Å². The van der Waals surface area contributed by atoms with Gasteiger partial charge in [0, 0.05) is 11.9 Å². The molecule has 188 valence electrons. The van der Waals surface area contributed by atoms with E-state index in [1.54, 1.807) is 0 Å². The fourth-order valence-corrected chi connectivity index (χ4v) is 3.69. The van der Waals surface area contributed by atoms with Gasteiger partial charge in [0.2, 0.25) is 5.91 Å². The first-order valence-corrected chi connectivity index (χ1v) is 10.6. The highest BCUT2D eigenvalue weighted by atomic mass is 19.4. The van der Waals surface area contributed by atoms with Crippen molar-refractivity contribution in [3.8, 4) is 0 Å². The lowest BCUT2D eigenvalue weighted by molar-refractivity contribution is -0.140.